The Morgan fingerprint density at radius 1 is 1.50 bits per heavy atom. The van der Waals surface area contributed by atoms with Crippen LogP contribution in [0.15, 0.2) is 24.3 Å². The summed E-state index contributed by atoms with van der Waals surface area (Å²) in [6, 6.07) is 6.60. The third-order valence-electron chi connectivity index (χ3n) is 2.98. The molecule has 5 heteroatoms. The van der Waals surface area contributed by atoms with E-state index in [0.29, 0.717) is 24.1 Å². The first-order valence-electron chi connectivity index (χ1n) is 5.95. The first-order valence-corrected chi connectivity index (χ1v) is 5.95. The van der Waals surface area contributed by atoms with Gasteiger partial charge >= 0.3 is 0 Å². The average molecular weight is 248 g/mol. The number of aliphatic hydroxyl groups is 1. The summed E-state index contributed by atoms with van der Waals surface area (Å²) in [5.41, 5.74) is 1.24. The molecular formula is C13H16N2O3. The van der Waals surface area contributed by atoms with Gasteiger partial charge in [-0.2, -0.15) is 0 Å². The topological polar surface area (TPSA) is 78.4 Å². The quantitative estimate of drug-likeness (QED) is 0.745. The molecule has 1 aliphatic rings. The summed E-state index contributed by atoms with van der Waals surface area (Å²) in [5.74, 6) is -0.340. The lowest BCUT2D eigenvalue weighted by Gasteiger charge is -2.15. The van der Waals surface area contributed by atoms with Crippen LogP contribution >= 0.6 is 0 Å². The van der Waals surface area contributed by atoms with Crippen molar-refractivity contribution >= 4 is 17.5 Å². The van der Waals surface area contributed by atoms with Crippen molar-refractivity contribution in [2.24, 2.45) is 0 Å². The van der Waals surface area contributed by atoms with E-state index in [1.807, 2.05) is 0 Å². The van der Waals surface area contributed by atoms with Crippen LogP contribution in [0, 0.1) is 0 Å². The lowest BCUT2D eigenvalue weighted by atomic mass is 10.1. The first kappa shape index (κ1) is 12.6. The fraction of sp³-hybridized carbons (Fsp3) is 0.385. The molecule has 1 fully saturated rings. The van der Waals surface area contributed by atoms with Crippen molar-refractivity contribution in [1.29, 1.82) is 0 Å². The van der Waals surface area contributed by atoms with Gasteiger partial charge in [0.05, 0.1) is 6.10 Å². The number of hydrogen-bond donors (Lipinski definition) is 3. The zero-order chi connectivity index (χ0) is 13.1. The van der Waals surface area contributed by atoms with Crippen molar-refractivity contribution < 1.29 is 14.7 Å². The molecule has 96 valence electrons. The van der Waals surface area contributed by atoms with Gasteiger partial charge in [-0.15, -0.1) is 0 Å². The number of para-hydroxylation sites is 1. The molecule has 0 aromatic heterocycles. The Kier molecular flexibility index (Phi) is 3.62. The third-order valence-corrected chi connectivity index (χ3v) is 2.98. The fourth-order valence-electron chi connectivity index (χ4n) is 2.01. The summed E-state index contributed by atoms with van der Waals surface area (Å²) in [7, 11) is 0. The van der Waals surface area contributed by atoms with Crippen molar-refractivity contribution in [1.82, 2.24) is 5.32 Å². The lowest BCUT2D eigenvalue weighted by molar-refractivity contribution is -0.122. The zero-order valence-corrected chi connectivity index (χ0v) is 10.1. The van der Waals surface area contributed by atoms with E-state index in [4.69, 9.17) is 0 Å². The van der Waals surface area contributed by atoms with Crippen LogP contribution < -0.4 is 10.6 Å². The minimum absolute atomic E-state index is 0.0982. The van der Waals surface area contributed by atoms with E-state index < -0.39 is 12.1 Å². The van der Waals surface area contributed by atoms with E-state index in [2.05, 4.69) is 10.6 Å². The lowest BCUT2D eigenvalue weighted by Crippen LogP contribution is -2.37. The number of anilines is 1. The number of benzene rings is 1. The highest BCUT2D eigenvalue weighted by Gasteiger charge is 2.27. The van der Waals surface area contributed by atoms with Gasteiger partial charge in [-0.3, -0.25) is 9.59 Å². The Morgan fingerprint density at radius 2 is 2.22 bits per heavy atom. The molecule has 1 heterocycles. The standard InChI is InChI=1S/C13H16N2O3/c1-8(16)9-4-2-3-5-10(9)15-13(18)11-6-7-12(17)14-11/h2-5,8,11,16H,6-7H2,1H3,(H,14,17)(H,15,18)/t8?,11-/m1/s1. The number of carbonyl (C=O) groups excluding carboxylic acids is 2. The van der Waals surface area contributed by atoms with Crippen LogP contribution in [-0.2, 0) is 9.59 Å². The highest BCUT2D eigenvalue weighted by molar-refractivity contribution is 5.99. The summed E-state index contributed by atoms with van der Waals surface area (Å²) in [5, 5.41) is 15.0. The zero-order valence-electron chi connectivity index (χ0n) is 10.1. The molecule has 2 atom stereocenters. The summed E-state index contributed by atoms with van der Waals surface area (Å²) in [6.07, 6.45) is 0.247. The van der Waals surface area contributed by atoms with Crippen LogP contribution in [0.2, 0.25) is 0 Å². The second-order valence-corrected chi connectivity index (χ2v) is 4.41. The maximum Gasteiger partial charge on any atom is 0.246 e. The molecule has 2 amide bonds. The molecule has 3 N–H and O–H groups in total. The molecule has 1 unspecified atom stereocenters. The van der Waals surface area contributed by atoms with Crippen molar-refractivity contribution in [2.75, 3.05) is 5.32 Å². The van der Waals surface area contributed by atoms with E-state index in [1.54, 1.807) is 31.2 Å². The maximum atomic E-state index is 11.9. The summed E-state index contributed by atoms with van der Waals surface area (Å²) >= 11 is 0. The van der Waals surface area contributed by atoms with Gasteiger partial charge in [-0.1, -0.05) is 18.2 Å². The van der Waals surface area contributed by atoms with Gasteiger partial charge in [0.25, 0.3) is 0 Å². The van der Waals surface area contributed by atoms with Gasteiger partial charge in [0.1, 0.15) is 6.04 Å². The largest absolute Gasteiger partial charge is 0.389 e. The second kappa shape index (κ2) is 5.18. The van der Waals surface area contributed by atoms with Gasteiger partial charge < -0.3 is 15.7 Å². The molecule has 0 bridgehead atoms. The van der Waals surface area contributed by atoms with Crippen LogP contribution in [0.3, 0.4) is 0 Å². The average Bonchev–Trinajstić information content (AvgIpc) is 2.76. The minimum Gasteiger partial charge on any atom is -0.389 e. The Labute approximate surface area is 105 Å². The van der Waals surface area contributed by atoms with E-state index in [0.717, 1.165) is 0 Å². The molecule has 1 aliphatic heterocycles. The van der Waals surface area contributed by atoms with Gasteiger partial charge in [-0.25, -0.2) is 0 Å². The minimum atomic E-state index is -0.653. The molecule has 1 aromatic rings. The van der Waals surface area contributed by atoms with Gasteiger partial charge in [0.2, 0.25) is 11.8 Å². The van der Waals surface area contributed by atoms with Crippen LogP contribution in [-0.4, -0.2) is 23.0 Å². The summed E-state index contributed by atoms with van der Waals surface area (Å²) in [6.45, 7) is 1.64. The molecule has 18 heavy (non-hydrogen) atoms. The van der Waals surface area contributed by atoms with Gasteiger partial charge in [0.15, 0.2) is 0 Å². The van der Waals surface area contributed by atoms with E-state index >= 15 is 0 Å². The van der Waals surface area contributed by atoms with E-state index in [1.165, 1.54) is 0 Å². The monoisotopic (exact) mass is 248 g/mol. The van der Waals surface area contributed by atoms with Crippen molar-refractivity contribution in [3.8, 4) is 0 Å². The molecule has 2 rings (SSSR count). The fourth-order valence-corrected chi connectivity index (χ4v) is 2.01. The Bertz CT molecular complexity index is 471. The number of amides is 2. The van der Waals surface area contributed by atoms with E-state index in [-0.39, 0.29) is 11.8 Å². The smallest absolute Gasteiger partial charge is 0.246 e. The summed E-state index contributed by atoms with van der Waals surface area (Å²) < 4.78 is 0. The predicted octanol–water partition coefficient (Wildman–Crippen LogP) is 0.957. The molecule has 0 aliphatic carbocycles. The normalized spacial score (nSPS) is 20.3. The summed E-state index contributed by atoms with van der Waals surface area (Å²) in [4.78, 5) is 23.0. The number of hydrogen-bond acceptors (Lipinski definition) is 3. The number of rotatable bonds is 3. The van der Waals surface area contributed by atoms with Crippen LogP contribution in [0.5, 0.6) is 0 Å². The molecule has 1 saturated heterocycles. The number of aliphatic hydroxyl groups excluding tert-OH is 1. The molecule has 0 spiro atoms. The second-order valence-electron chi connectivity index (χ2n) is 4.41. The van der Waals surface area contributed by atoms with E-state index in [9.17, 15) is 14.7 Å². The molecule has 0 saturated carbocycles. The van der Waals surface area contributed by atoms with Gasteiger partial charge in [-0.05, 0) is 19.4 Å². The van der Waals surface area contributed by atoms with Crippen molar-refractivity contribution in [3.05, 3.63) is 29.8 Å². The third kappa shape index (κ3) is 2.68. The van der Waals surface area contributed by atoms with Crippen LogP contribution in [0.25, 0.3) is 0 Å². The highest BCUT2D eigenvalue weighted by Crippen LogP contribution is 2.22. The van der Waals surface area contributed by atoms with Crippen molar-refractivity contribution in [3.63, 3.8) is 0 Å². The molecule has 5 nitrogen and oxygen atoms in total. The Morgan fingerprint density at radius 3 is 2.83 bits per heavy atom. The first-order chi connectivity index (χ1) is 8.58. The Hall–Kier alpha value is -1.88. The number of carbonyl (C=O) groups is 2. The molecule has 0 radical (unpaired) electrons. The molecular weight excluding hydrogens is 232 g/mol. The molecule has 1 aromatic carbocycles. The van der Waals surface area contributed by atoms with Crippen LogP contribution in [0.1, 0.15) is 31.4 Å². The SMILES string of the molecule is CC(O)c1ccccc1NC(=O)[C@H]1CCC(=O)N1. The van der Waals surface area contributed by atoms with Crippen molar-refractivity contribution in [2.45, 2.75) is 31.9 Å². The Balaban J connectivity index is 2.09. The maximum absolute atomic E-state index is 11.9. The number of nitrogens with one attached hydrogen (secondary N) is 2. The van der Waals surface area contributed by atoms with Crippen LogP contribution in [0.4, 0.5) is 5.69 Å². The van der Waals surface area contributed by atoms with Gasteiger partial charge in [0, 0.05) is 17.7 Å². The highest BCUT2D eigenvalue weighted by atomic mass is 16.3. The predicted molar refractivity (Wildman–Crippen MR) is 66.9 cm³/mol.